The lowest BCUT2D eigenvalue weighted by Gasteiger charge is -1.91. The van der Waals surface area contributed by atoms with E-state index in [1.54, 1.807) is 11.8 Å². The third kappa shape index (κ3) is 2.25. The standard InChI is InChI=1S/C10H11NOS2/c13-6-3-7-14-10-11-8-4-1-2-5-9(8)12-10/h1-2,4-5,13H,3,6-7H2. The van der Waals surface area contributed by atoms with Gasteiger partial charge in [0.2, 0.25) is 0 Å². The fourth-order valence-corrected chi connectivity index (χ4v) is 2.28. The van der Waals surface area contributed by atoms with Crippen LogP contribution in [0.25, 0.3) is 11.1 Å². The van der Waals surface area contributed by atoms with Gasteiger partial charge in [0, 0.05) is 5.75 Å². The zero-order valence-electron chi connectivity index (χ0n) is 7.64. The highest BCUT2D eigenvalue weighted by atomic mass is 32.2. The van der Waals surface area contributed by atoms with E-state index < -0.39 is 0 Å². The van der Waals surface area contributed by atoms with Crippen molar-refractivity contribution in [1.29, 1.82) is 0 Å². The fraction of sp³-hybridized carbons (Fsp3) is 0.300. The van der Waals surface area contributed by atoms with Crippen molar-refractivity contribution >= 4 is 35.5 Å². The maximum absolute atomic E-state index is 5.54. The normalized spacial score (nSPS) is 10.9. The Balaban J connectivity index is 2.11. The van der Waals surface area contributed by atoms with E-state index in [1.165, 1.54) is 0 Å². The van der Waals surface area contributed by atoms with Gasteiger partial charge in [0.05, 0.1) is 0 Å². The van der Waals surface area contributed by atoms with E-state index in [-0.39, 0.29) is 0 Å². The molecule has 0 saturated heterocycles. The van der Waals surface area contributed by atoms with Gasteiger partial charge in [-0.1, -0.05) is 23.9 Å². The van der Waals surface area contributed by atoms with Crippen LogP contribution in [0.4, 0.5) is 0 Å². The van der Waals surface area contributed by atoms with E-state index in [2.05, 4.69) is 17.6 Å². The molecule has 1 heterocycles. The van der Waals surface area contributed by atoms with E-state index in [0.717, 1.165) is 34.2 Å². The highest BCUT2D eigenvalue weighted by Gasteiger charge is 2.04. The molecule has 2 aromatic rings. The molecule has 0 fully saturated rings. The predicted octanol–water partition coefficient (Wildman–Crippen LogP) is 3.24. The van der Waals surface area contributed by atoms with E-state index in [0.29, 0.717) is 0 Å². The van der Waals surface area contributed by atoms with Crippen molar-refractivity contribution in [3.05, 3.63) is 24.3 Å². The summed E-state index contributed by atoms with van der Waals surface area (Å²) >= 11 is 5.80. The van der Waals surface area contributed by atoms with Crippen LogP contribution in [-0.2, 0) is 0 Å². The summed E-state index contributed by atoms with van der Waals surface area (Å²) in [5.41, 5.74) is 1.79. The summed E-state index contributed by atoms with van der Waals surface area (Å²) < 4.78 is 5.54. The van der Waals surface area contributed by atoms with Gasteiger partial charge < -0.3 is 4.42 Å². The molecule has 0 unspecified atom stereocenters. The van der Waals surface area contributed by atoms with Crippen LogP contribution in [0.3, 0.4) is 0 Å². The summed E-state index contributed by atoms with van der Waals surface area (Å²) in [4.78, 5) is 4.36. The monoisotopic (exact) mass is 225 g/mol. The fourth-order valence-electron chi connectivity index (χ4n) is 1.14. The van der Waals surface area contributed by atoms with Crippen molar-refractivity contribution in [2.45, 2.75) is 11.6 Å². The second-order valence-corrected chi connectivity index (χ2v) is 4.37. The summed E-state index contributed by atoms with van der Waals surface area (Å²) in [6, 6.07) is 7.81. The minimum absolute atomic E-state index is 0.757. The smallest absolute Gasteiger partial charge is 0.256 e. The number of thiol groups is 1. The number of hydrogen-bond acceptors (Lipinski definition) is 4. The number of hydrogen-bond donors (Lipinski definition) is 1. The minimum atomic E-state index is 0.757. The molecule has 0 amide bonds. The Hall–Kier alpha value is -0.610. The van der Waals surface area contributed by atoms with Crippen LogP contribution < -0.4 is 0 Å². The van der Waals surface area contributed by atoms with Gasteiger partial charge >= 0.3 is 0 Å². The van der Waals surface area contributed by atoms with Gasteiger partial charge in [0.25, 0.3) is 5.22 Å². The lowest BCUT2D eigenvalue weighted by atomic mass is 10.3. The molecule has 1 aromatic carbocycles. The summed E-state index contributed by atoms with van der Waals surface area (Å²) in [5.74, 6) is 1.92. The van der Waals surface area contributed by atoms with Gasteiger partial charge in [-0.15, -0.1) is 0 Å². The molecule has 0 atom stereocenters. The van der Waals surface area contributed by atoms with Gasteiger partial charge in [-0.3, -0.25) is 0 Å². The first kappa shape index (κ1) is 9.93. The number of benzene rings is 1. The summed E-state index contributed by atoms with van der Waals surface area (Å²) in [6.07, 6.45) is 1.08. The van der Waals surface area contributed by atoms with Crippen LogP contribution in [0.2, 0.25) is 0 Å². The minimum Gasteiger partial charge on any atom is -0.431 e. The maximum atomic E-state index is 5.54. The van der Waals surface area contributed by atoms with Crippen molar-refractivity contribution in [2.24, 2.45) is 0 Å². The van der Waals surface area contributed by atoms with Crippen LogP contribution in [0.5, 0.6) is 0 Å². The zero-order valence-corrected chi connectivity index (χ0v) is 9.35. The average molecular weight is 225 g/mol. The van der Waals surface area contributed by atoms with Crippen LogP contribution in [0.1, 0.15) is 6.42 Å². The highest BCUT2D eigenvalue weighted by molar-refractivity contribution is 7.99. The van der Waals surface area contributed by atoms with Crippen molar-refractivity contribution in [3.8, 4) is 0 Å². The molecule has 0 aliphatic carbocycles. The molecule has 0 aliphatic heterocycles. The molecular weight excluding hydrogens is 214 g/mol. The molecule has 0 aliphatic rings. The van der Waals surface area contributed by atoms with Crippen LogP contribution >= 0.6 is 24.4 Å². The van der Waals surface area contributed by atoms with Gasteiger partial charge in [-0.25, -0.2) is 4.98 Å². The largest absolute Gasteiger partial charge is 0.431 e. The molecule has 74 valence electrons. The first-order chi connectivity index (χ1) is 6.90. The molecule has 0 saturated carbocycles. The van der Waals surface area contributed by atoms with E-state index in [9.17, 15) is 0 Å². The molecule has 1 aromatic heterocycles. The lowest BCUT2D eigenvalue weighted by Crippen LogP contribution is -1.80. The van der Waals surface area contributed by atoms with Gasteiger partial charge in [-0.05, 0) is 24.3 Å². The Bertz CT molecular complexity index is 380. The Morgan fingerprint density at radius 2 is 2.21 bits per heavy atom. The van der Waals surface area contributed by atoms with E-state index >= 15 is 0 Å². The number of rotatable bonds is 4. The van der Waals surface area contributed by atoms with Gasteiger partial charge in [-0.2, -0.15) is 12.6 Å². The number of oxazole rings is 1. The lowest BCUT2D eigenvalue weighted by molar-refractivity contribution is 0.489. The average Bonchev–Trinajstić information content (AvgIpc) is 2.60. The van der Waals surface area contributed by atoms with Crippen LogP contribution in [0.15, 0.2) is 33.9 Å². The highest BCUT2D eigenvalue weighted by Crippen LogP contribution is 2.23. The topological polar surface area (TPSA) is 26.0 Å². The number of para-hydroxylation sites is 2. The third-order valence-electron chi connectivity index (χ3n) is 1.80. The maximum Gasteiger partial charge on any atom is 0.256 e. The number of nitrogens with zero attached hydrogens (tertiary/aromatic N) is 1. The molecule has 0 radical (unpaired) electrons. The number of thioether (sulfide) groups is 1. The van der Waals surface area contributed by atoms with Gasteiger partial charge in [0.1, 0.15) is 5.52 Å². The molecule has 0 N–H and O–H groups in total. The van der Waals surface area contributed by atoms with Crippen LogP contribution in [0, 0.1) is 0 Å². The number of aromatic nitrogens is 1. The van der Waals surface area contributed by atoms with Crippen LogP contribution in [-0.4, -0.2) is 16.5 Å². The molecule has 2 nitrogen and oxygen atoms in total. The molecule has 2 rings (SSSR count). The Labute approximate surface area is 92.5 Å². The Morgan fingerprint density at radius 1 is 1.36 bits per heavy atom. The quantitative estimate of drug-likeness (QED) is 0.491. The molecular formula is C10H11NOS2. The third-order valence-corrected chi connectivity index (χ3v) is 3.03. The van der Waals surface area contributed by atoms with Crippen molar-refractivity contribution < 1.29 is 4.42 Å². The van der Waals surface area contributed by atoms with Gasteiger partial charge in [0.15, 0.2) is 5.58 Å². The Morgan fingerprint density at radius 3 is 3.00 bits per heavy atom. The van der Waals surface area contributed by atoms with Crippen molar-refractivity contribution in [3.63, 3.8) is 0 Å². The Kier molecular flexibility index (Phi) is 3.37. The molecule has 4 heteroatoms. The van der Waals surface area contributed by atoms with Crippen molar-refractivity contribution in [2.75, 3.05) is 11.5 Å². The second-order valence-electron chi connectivity index (χ2n) is 2.87. The molecule has 14 heavy (non-hydrogen) atoms. The molecule has 0 spiro atoms. The first-order valence-electron chi connectivity index (χ1n) is 4.49. The zero-order chi connectivity index (χ0) is 9.80. The number of fused-ring (bicyclic) bond motifs is 1. The van der Waals surface area contributed by atoms with E-state index in [1.807, 2.05) is 24.3 Å². The SMILES string of the molecule is SCCCSc1nc2ccccc2o1. The summed E-state index contributed by atoms with van der Waals surface area (Å²) in [7, 11) is 0. The molecule has 0 bridgehead atoms. The summed E-state index contributed by atoms with van der Waals surface area (Å²) in [5, 5.41) is 0.757. The first-order valence-corrected chi connectivity index (χ1v) is 6.11. The van der Waals surface area contributed by atoms with E-state index in [4.69, 9.17) is 4.42 Å². The second kappa shape index (κ2) is 4.75. The van der Waals surface area contributed by atoms with Crippen molar-refractivity contribution in [1.82, 2.24) is 4.98 Å². The predicted molar refractivity (Wildman–Crippen MR) is 63.2 cm³/mol. The summed E-state index contributed by atoms with van der Waals surface area (Å²) in [6.45, 7) is 0.